The molecule has 4 nitrogen and oxygen atoms in total. The van der Waals surface area contributed by atoms with Crippen molar-refractivity contribution in [1.82, 2.24) is 0 Å². The van der Waals surface area contributed by atoms with E-state index in [-0.39, 0.29) is 22.8 Å². The van der Waals surface area contributed by atoms with Crippen LogP contribution < -0.4 is 14.8 Å². The smallest absolute Gasteiger partial charge is 0.387 e. The van der Waals surface area contributed by atoms with Crippen molar-refractivity contribution in [1.29, 1.82) is 0 Å². The van der Waals surface area contributed by atoms with Crippen molar-refractivity contribution in [3.63, 3.8) is 0 Å². The lowest BCUT2D eigenvalue weighted by atomic mass is 9.86. The van der Waals surface area contributed by atoms with Crippen molar-refractivity contribution in [3.05, 3.63) is 59.7 Å². The molecule has 1 amide bonds. The fourth-order valence-electron chi connectivity index (χ4n) is 2.57. The Hall–Kier alpha value is -2.89. The van der Waals surface area contributed by atoms with Crippen molar-refractivity contribution in [2.45, 2.75) is 32.8 Å². The molecule has 0 saturated carbocycles. The predicted molar refractivity (Wildman–Crippen MR) is 102 cm³/mol. The predicted octanol–water partition coefficient (Wildman–Crippen LogP) is 5.25. The van der Waals surface area contributed by atoms with Crippen LogP contribution in [0.15, 0.2) is 48.5 Å². The highest BCUT2D eigenvalue weighted by Gasteiger charge is 2.18. The SMILES string of the molecule is COc1cc(/C=C/C(=O)Nc2ccccc2C(C)(C)C)ccc1OC(F)F. The Morgan fingerprint density at radius 1 is 1.11 bits per heavy atom. The quantitative estimate of drug-likeness (QED) is 0.702. The summed E-state index contributed by atoms with van der Waals surface area (Å²) in [5, 5.41) is 2.87. The lowest BCUT2D eigenvalue weighted by Gasteiger charge is -2.22. The minimum Gasteiger partial charge on any atom is -0.493 e. The minimum absolute atomic E-state index is 0.0618. The molecule has 1 N–H and O–H groups in total. The zero-order chi connectivity index (χ0) is 20.0. The van der Waals surface area contributed by atoms with Crippen LogP contribution in [-0.4, -0.2) is 19.6 Å². The average Bonchev–Trinajstić information content (AvgIpc) is 2.60. The van der Waals surface area contributed by atoms with Crippen molar-refractivity contribution in [2.24, 2.45) is 0 Å². The van der Waals surface area contributed by atoms with E-state index in [1.807, 2.05) is 24.3 Å². The fourth-order valence-corrected chi connectivity index (χ4v) is 2.57. The molecule has 0 aliphatic heterocycles. The Balaban J connectivity index is 2.14. The van der Waals surface area contributed by atoms with Crippen LogP contribution in [0.25, 0.3) is 6.08 Å². The van der Waals surface area contributed by atoms with Crippen LogP contribution >= 0.6 is 0 Å². The highest BCUT2D eigenvalue weighted by Crippen LogP contribution is 2.30. The summed E-state index contributed by atoms with van der Waals surface area (Å²) in [6, 6.07) is 12.1. The number of rotatable bonds is 6. The molecule has 0 saturated heterocycles. The summed E-state index contributed by atoms with van der Waals surface area (Å²) in [6.07, 6.45) is 2.95. The third-order valence-corrected chi connectivity index (χ3v) is 3.82. The first-order valence-corrected chi connectivity index (χ1v) is 8.42. The second-order valence-electron chi connectivity index (χ2n) is 6.91. The molecule has 0 bridgehead atoms. The Morgan fingerprint density at radius 3 is 2.44 bits per heavy atom. The first kappa shape index (κ1) is 20.4. The van der Waals surface area contributed by atoms with Crippen LogP contribution in [0.3, 0.4) is 0 Å². The van der Waals surface area contributed by atoms with Crippen LogP contribution in [0, 0.1) is 0 Å². The number of ether oxygens (including phenoxy) is 2. The molecule has 0 fully saturated rings. The summed E-state index contributed by atoms with van der Waals surface area (Å²) >= 11 is 0. The van der Waals surface area contributed by atoms with Gasteiger partial charge in [-0.05, 0) is 40.8 Å². The Labute approximate surface area is 157 Å². The summed E-state index contributed by atoms with van der Waals surface area (Å²) in [5.74, 6) is -0.192. The van der Waals surface area contributed by atoms with E-state index in [1.165, 1.54) is 25.3 Å². The zero-order valence-corrected chi connectivity index (χ0v) is 15.8. The zero-order valence-electron chi connectivity index (χ0n) is 15.8. The number of carbonyl (C=O) groups excluding carboxylic acids is 1. The number of methoxy groups -OCH3 is 1. The molecule has 27 heavy (non-hydrogen) atoms. The topological polar surface area (TPSA) is 47.6 Å². The number of amides is 1. The molecule has 0 aliphatic carbocycles. The van der Waals surface area contributed by atoms with Gasteiger partial charge in [0.15, 0.2) is 11.5 Å². The van der Waals surface area contributed by atoms with Gasteiger partial charge < -0.3 is 14.8 Å². The third-order valence-electron chi connectivity index (χ3n) is 3.82. The summed E-state index contributed by atoms with van der Waals surface area (Å²) in [7, 11) is 1.36. The Kier molecular flexibility index (Phi) is 6.55. The third kappa shape index (κ3) is 5.81. The molecular weight excluding hydrogens is 352 g/mol. The molecule has 0 aliphatic rings. The molecule has 2 aromatic rings. The summed E-state index contributed by atoms with van der Waals surface area (Å²) in [4.78, 5) is 12.3. The van der Waals surface area contributed by atoms with Gasteiger partial charge in [0, 0.05) is 11.8 Å². The molecule has 0 unspecified atom stereocenters. The minimum atomic E-state index is -2.94. The highest BCUT2D eigenvalue weighted by atomic mass is 19.3. The van der Waals surface area contributed by atoms with Gasteiger partial charge in [0.05, 0.1) is 7.11 Å². The van der Waals surface area contributed by atoms with E-state index in [0.717, 1.165) is 11.3 Å². The fraction of sp³-hybridized carbons (Fsp3) is 0.286. The van der Waals surface area contributed by atoms with Gasteiger partial charge in [0.2, 0.25) is 5.91 Å². The van der Waals surface area contributed by atoms with Gasteiger partial charge in [0.25, 0.3) is 0 Å². The number of alkyl halides is 2. The molecule has 0 heterocycles. The number of nitrogens with one attached hydrogen (secondary N) is 1. The van der Waals surface area contributed by atoms with Gasteiger partial charge in [-0.1, -0.05) is 45.0 Å². The van der Waals surface area contributed by atoms with Crippen LogP contribution in [0.1, 0.15) is 31.9 Å². The second kappa shape index (κ2) is 8.66. The lowest BCUT2D eigenvalue weighted by molar-refractivity contribution is -0.111. The van der Waals surface area contributed by atoms with E-state index in [1.54, 1.807) is 12.1 Å². The van der Waals surface area contributed by atoms with Crippen molar-refractivity contribution >= 4 is 17.7 Å². The standard InChI is InChI=1S/C21H23F2NO3/c1-21(2,3)15-7-5-6-8-16(15)24-19(25)12-10-14-9-11-17(27-20(22)23)18(13-14)26-4/h5-13,20H,1-4H3,(H,24,25)/b12-10+. The van der Waals surface area contributed by atoms with E-state index in [2.05, 4.69) is 30.8 Å². The van der Waals surface area contributed by atoms with Crippen LogP contribution in [0.5, 0.6) is 11.5 Å². The number of anilines is 1. The normalized spacial score (nSPS) is 11.7. The first-order chi connectivity index (χ1) is 12.7. The number of carbonyl (C=O) groups is 1. The van der Waals surface area contributed by atoms with Crippen LogP contribution in [-0.2, 0) is 10.2 Å². The van der Waals surface area contributed by atoms with Gasteiger partial charge >= 0.3 is 6.61 Å². The summed E-state index contributed by atoms with van der Waals surface area (Å²) < 4.78 is 34.2. The van der Waals surface area contributed by atoms with Gasteiger partial charge in [-0.25, -0.2) is 0 Å². The molecule has 0 radical (unpaired) electrons. The van der Waals surface area contributed by atoms with Gasteiger partial charge in [-0.15, -0.1) is 0 Å². The van der Waals surface area contributed by atoms with Crippen molar-refractivity contribution < 1.29 is 23.0 Å². The molecule has 144 valence electrons. The maximum atomic E-state index is 12.4. The highest BCUT2D eigenvalue weighted by molar-refractivity contribution is 6.02. The number of benzene rings is 2. The molecule has 0 atom stereocenters. The average molecular weight is 375 g/mol. The molecular formula is C21H23F2NO3. The van der Waals surface area contributed by atoms with E-state index >= 15 is 0 Å². The molecule has 0 aromatic heterocycles. The number of hydrogen-bond donors (Lipinski definition) is 1. The van der Waals surface area contributed by atoms with Gasteiger partial charge in [0.1, 0.15) is 0 Å². The van der Waals surface area contributed by atoms with Crippen LogP contribution in [0.4, 0.5) is 14.5 Å². The maximum absolute atomic E-state index is 12.4. The van der Waals surface area contributed by atoms with Crippen molar-refractivity contribution in [2.75, 3.05) is 12.4 Å². The lowest BCUT2D eigenvalue weighted by Crippen LogP contribution is -2.17. The number of para-hydroxylation sites is 1. The van der Waals surface area contributed by atoms with Gasteiger partial charge in [-0.3, -0.25) is 4.79 Å². The number of hydrogen-bond acceptors (Lipinski definition) is 3. The van der Waals surface area contributed by atoms with Crippen molar-refractivity contribution in [3.8, 4) is 11.5 Å². The summed E-state index contributed by atoms with van der Waals surface area (Å²) in [6.45, 7) is 3.28. The second-order valence-corrected chi connectivity index (χ2v) is 6.91. The molecule has 6 heteroatoms. The maximum Gasteiger partial charge on any atom is 0.387 e. The van der Waals surface area contributed by atoms with E-state index in [9.17, 15) is 13.6 Å². The number of halogens is 2. The Bertz CT molecular complexity index is 826. The van der Waals surface area contributed by atoms with E-state index in [4.69, 9.17) is 4.74 Å². The molecule has 2 rings (SSSR count). The molecule has 2 aromatic carbocycles. The molecule has 0 spiro atoms. The van der Waals surface area contributed by atoms with E-state index in [0.29, 0.717) is 5.56 Å². The monoisotopic (exact) mass is 375 g/mol. The van der Waals surface area contributed by atoms with Crippen LogP contribution in [0.2, 0.25) is 0 Å². The largest absolute Gasteiger partial charge is 0.493 e. The van der Waals surface area contributed by atoms with Gasteiger partial charge in [-0.2, -0.15) is 8.78 Å². The van der Waals surface area contributed by atoms with E-state index < -0.39 is 6.61 Å². The summed E-state index contributed by atoms with van der Waals surface area (Å²) in [5.41, 5.74) is 2.29. The first-order valence-electron chi connectivity index (χ1n) is 8.42. The Morgan fingerprint density at radius 2 is 1.81 bits per heavy atom.